The molecule has 0 saturated heterocycles. The van der Waals surface area contributed by atoms with Crippen molar-refractivity contribution >= 4 is 11.5 Å². The number of hydrogen-bond donors (Lipinski definition) is 3. The van der Waals surface area contributed by atoms with Crippen molar-refractivity contribution in [3.63, 3.8) is 0 Å². The summed E-state index contributed by atoms with van der Waals surface area (Å²) in [6, 6.07) is 0.0104. The zero-order valence-corrected chi connectivity index (χ0v) is 10.2. The quantitative estimate of drug-likeness (QED) is 0.736. The molecule has 7 heteroatoms. The van der Waals surface area contributed by atoms with Gasteiger partial charge in [0.15, 0.2) is 0 Å². The van der Waals surface area contributed by atoms with E-state index < -0.39 is 19.1 Å². The van der Waals surface area contributed by atoms with E-state index in [0.717, 1.165) is 0 Å². The SMILES string of the molecule is Cc1nn(C(C)C)c(NCC(F)(F)CO)c1N. The first-order chi connectivity index (χ1) is 7.78. The second-order valence-electron chi connectivity index (χ2n) is 4.25. The highest BCUT2D eigenvalue weighted by Crippen LogP contribution is 2.26. The molecule has 17 heavy (non-hydrogen) atoms. The zero-order chi connectivity index (χ0) is 13.2. The fourth-order valence-electron chi connectivity index (χ4n) is 1.38. The molecule has 1 aromatic heterocycles. The third-order valence-electron chi connectivity index (χ3n) is 2.37. The largest absolute Gasteiger partial charge is 0.394 e. The molecule has 0 fully saturated rings. The van der Waals surface area contributed by atoms with E-state index in [-0.39, 0.29) is 6.04 Å². The van der Waals surface area contributed by atoms with Crippen LogP contribution in [0.2, 0.25) is 0 Å². The highest BCUT2D eigenvalue weighted by molar-refractivity contribution is 5.65. The number of anilines is 2. The fraction of sp³-hybridized carbons (Fsp3) is 0.700. The second kappa shape index (κ2) is 4.87. The number of halogens is 2. The highest BCUT2D eigenvalue weighted by atomic mass is 19.3. The number of aliphatic hydroxyl groups is 1. The van der Waals surface area contributed by atoms with Gasteiger partial charge in [-0.05, 0) is 20.8 Å². The van der Waals surface area contributed by atoms with E-state index in [0.29, 0.717) is 17.2 Å². The minimum Gasteiger partial charge on any atom is -0.394 e. The van der Waals surface area contributed by atoms with Gasteiger partial charge in [-0.3, -0.25) is 0 Å². The van der Waals surface area contributed by atoms with Crippen LogP contribution in [0.25, 0.3) is 0 Å². The minimum atomic E-state index is -3.17. The first-order valence-corrected chi connectivity index (χ1v) is 5.35. The number of hydrogen-bond acceptors (Lipinski definition) is 4. The molecule has 5 nitrogen and oxygen atoms in total. The Morgan fingerprint density at radius 3 is 2.59 bits per heavy atom. The molecule has 1 rings (SSSR count). The molecule has 1 heterocycles. The number of alkyl halides is 2. The van der Waals surface area contributed by atoms with Crippen LogP contribution in [0, 0.1) is 6.92 Å². The van der Waals surface area contributed by atoms with Crippen LogP contribution in [0.3, 0.4) is 0 Å². The topological polar surface area (TPSA) is 76.1 Å². The van der Waals surface area contributed by atoms with Crippen molar-refractivity contribution in [2.24, 2.45) is 0 Å². The van der Waals surface area contributed by atoms with Gasteiger partial charge >= 0.3 is 0 Å². The van der Waals surface area contributed by atoms with E-state index in [9.17, 15) is 8.78 Å². The maximum Gasteiger partial charge on any atom is 0.287 e. The molecule has 0 aromatic carbocycles. The van der Waals surface area contributed by atoms with Crippen molar-refractivity contribution in [2.45, 2.75) is 32.7 Å². The number of nitrogens with zero attached hydrogens (tertiary/aromatic N) is 2. The molecule has 0 unspecified atom stereocenters. The lowest BCUT2D eigenvalue weighted by Gasteiger charge is -2.17. The smallest absolute Gasteiger partial charge is 0.287 e. The Labute approximate surface area is 98.6 Å². The third kappa shape index (κ3) is 3.06. The molecule has 0 amide bonds. The van der Waals surface area contributed by atoms with E-state index in [1.807, 2.05) is 13.8 Å². The maximum atomic E-state index is 12.9. The van der Waals surface area contributed by atoms with Crippen LogP contribution in [0.15, 0.2) is 0 Å². The summed E-state index contributed by atoms with van der Waals surface area (Å²) < 4.78 is 27.4. The normalized spacial score (nSPS) is 12.2. The molecule has 1 aromatic rings. The van der Waals surface area contributed by atoms with Gasteiger partial charge < -0.3 is 16.2 Å². The number of nitrogens with two attached hydrogens (primary N) is 1. The maximum absolute atomic E-state index is 12.9. The molecule has 0 atom stereocenters. The lowest BCUT2D eigenvalue weighted by Crippen LogP contribution is -2.32. The standard InChI is InChI=1S/C10H18F2N4O/c1-6(2)16-9(8(13)7(3)15-16)14-4-10(11,12)5-17/h6,14,17H,4-5,13H2,1-3H3. The fourth-order valence-corrected chi connectivity index (χ4v) is 1.38. The van der Waals surface area contributed by atoms with Crippen molar-refractivity contribution in [3.05, 3.63) is 5.69 Å². The highest BCUT2D eigenvalue weighted by Gasteiger charge is 2.28. The molecule has 0 spiro atoms. The summed E-state index contributed by atoms with van der Waals surface area (Å²) in [5.74, 6) is -2.81. The van der Waals surface area contributed by atoms with E-state index in [4.69, 9.17) is 10.8 Å². The first-order valence-electron chi connectivity index (χ1n) is 5.35. The lowest BCUT2D eigenvalue weighted by atomic mass is 10.3. The van der Waals surface area contributed by atoms with Crippen LogP contribution in [-0.2, 0) is 0 Å². The summed E-state index contributed by atoms with van der Waals surface area (Å²) in [5.41, 5.74) is 6.70. The van der Waals surface area contributed by atoms with E-state index in [1.165, 1.54) is 0 Å². The van der Waals surface area contributed by atoms with Gasteiger partial charge in [-0.15, -0.1) is 0 Å². The van der Waals surface area contributed by atoms with E-state index in [2.05, 4.69) is 10.4 Å². The van der Waals surface area contributed by atoms with Crippen molar-refractivity contribution in [3.8, 4) is 0 Å². The Morgan fingerprint density at radius 2 is 2.12 bits per heavy atom. The van der Waals surface area contributed by atoms with Crippen LogP contribution in [0.4, 0.5) is 20.3 Å². The van der Waals surface area contributed by atoms with Crippen molar-refractivity contribution in [1.29, 1.82) is 0 Å². The van der Waals surface area contributed by atoms with Gasteiger partial charge in [0.1, 0.15) is 12.4 Å². The summed E-state index contributed by atoms with van der Waals surface area (Å²) in [4.78, 5) is 0. The molecule has 0 saturated carbocycles. The molecular weight excluding hydrogens is 230 g/mol. The van der Waals surface area contributed by atoms with Gasteiger partial charge in [0.2, 0.25) is 0 Å². The van der Waals surface area contributed by atoms with Crippen LogP contribution < -0.4 is 11.1 Å². The molecule has 0 aliphatic heterocycles. The lowest BCUT2D eigenvalue weighted by molar-refractivity contribution is -0.0373. The number of aromatic nitrogens is 2. The molecular formula is C10H18F2N4O. The average molecular weight is 248 g/mol. The van der Waals surface area contributed by atoms with Gasteiger partial charge in [-0.1, -0.05) is 0 Å². The van der Waals surface area contributed by atoms with Crippen molar-refractivity contribution in [1.82, 2.24) is 9.78 Å². The molecule has 0 aliphatic carbocycles. The Bertz CT molecular complexity index is 390. The Hall–Kier alpha value is -1.37. The summed E-state index contributed by atoms with van der Waals surface area (Å²) in [7, 11) is 0. The monoisotopic (exact) mass is 248 g/mol. The summed E-state index contributed by atoms with van der Waals surface area (Å²) in [6.07, 6.45) is 0. The van der Waals surface area contributed by atoms with Crippen LogP contribution in [0.5, 0.6) is 0 Å². The predicted octanol–water partition coefficient (Wildman–Crippen LogP) is 1.39. The van der Waals surface area contributed by atoms with Crippen molar-refractivity contribution < 1.29 is 13.9 Å². The second-order valence-corrected chi connectivity index (χ2v) is 4.25. The summed E-state index contributed by atoms with van der Waals surface area (Å²) in [5, 5.41) is 15.2. The zero-order valence-electron chi connectivity index (χ0n) is 10.2. The number of nitrogens with one attached hydrogen (secondary N) is 1. The average Bonchev–Trinajstić information content (AvgIpc) is 2.53. The van der Waals surface area contributed by atoms with Gasteiger partial charge in [0.05, 0.1) is 17.9 Å². The number of nitrogen functional groups attached to an aromatic ring is 1. The number of rotatable bonds is 5. The molecule has 0 radical (unpaired) electrons. The minimum absolute atomic E-state index is 0.0104. The van der Waals surface area contributed by atoms with Gasteiger partial charge in [0.25, 0.3) is 5.92 Å². The first kappa shape index (κ1) is 13.7. The van der Waals surface area contributed by atoms with Gasteiger partial charge in [-0.2, -0.15) is 5.10 Å². The third-order valence-corrected chi connectivity index (χ3v) is 2.37. The molecule has 4 N–H and O–H groups in total. The molecule has 0 bridgehead atoms. The summed E-state index contributed by atoms with van der Waals surface area (Å²) in [6.45, 7) is 3.59. The van der Waals surface area contributed by atoms with E-state index in [1.54, 1.807) is 11.6 Å². The predicted molar refractivity (Wildman–Crippen MR) is 62.3 cm³/mol. The van der Waals surface area contributed by atoms with Gasteiger partial charge in [-0.25, -0.2) is 13.5 Å². The van der Waals surface area contributed by atoms with Gasteiger partial charge in [0, 0.05) is 6.04 Å². The molecule has 98 valence electrons. The number of aliphatic hydroxyl groups excluding tert-OH is 1. The molecule has 0 aliphatic rings. The number of aryl methyl sites for hydroxylation is 1. The Balaban J connectivity index is 2.90. The van der Waals surface area contributed by atoms with E-state index >= 15 is 0 Å². The Morgan fingerprint density at radius 1 is 1.53 bits per heavy atom. The summed E-state index contributed by atoms with van der Waals surface area (Å²) >= 11 is 0. The van der Waals surface area contributed by atoms with Crippen LogP contribution >= 0.6 is 0 Å². The van der Waals surface area contributed by atoms with Crippen molar-refractivity contribution in [2.75, 3.05) is 24.2 Å². The van der Waals surface area contributed by atoms with Crippen LogP contribution in [-0.4, -0.2) is 34.0 Å². The van der Waals surface area contributed by atoms with Crippen LogP contribution in [0.1, 0.15) is 25.6 Å². The Kier molecular flexibility index (Phi) is 3.92.